The van der Waals surface area contributed by atoms with Gasteiger partial charge in [-0.15, -0.1) is 0 Å². The van der Waals surface area contributed by atoms with E-state index < -0.39 is 0 Å². The summed E-state index contributed by atoms with van der Waals surface area (Å²) in [5.74, 6) is 1.45. The molecule has 20 heavy (non-hydrogen) atoms. The maximum absolute atomic E-state index is 8.88. The van der Waals surface area contributed by atoms with Gasteiger partial charge in [0, 0.05) is 18.6 Å². The van der Waals surface area contributed by atoms with E-state index in [4.69, 9.17) is 10.00 Å². The number of hydrogen-bond donors (Lipinski definition) is 0. The van der Waals surface area contributed by atoms with E-state index in [1.54, 1.807) is 12.1 Å². The van der Waals surface area contributed by atoms with Crippen LogP contribution in [0.15, 0.2) is 24.3 Å². The molecule has 0 spiro atoms. The van der Waals surface area contributed by atoms with E-state index in [1.807, 2.05) is 12.1 Å². The minimum Gasteiger partial charge on any atom is -0.492 e. The fraction of sp³-hybridized carbons (Fsp3) is 0.588. The zero-order chi connectivity index (χ0) is 14.5. The van der Waals surface area contributed by atoms with Crippen LogP contribution >= 0.6 is 0 Å². The molecular weight excluding hydrogens is 248 g/mol. The summed E-state index contributed by atoms with van der Waals surface area (Å²) in [5, 5.41) is 8.88. The molecule has 0 N–H and O–H groups in total. The molecule has 3 heteroatoms. The van der Waals surface area contributed by atoms with Gasteiger partial charge in [0.05, 0.1) is 11.6 Å². The van der Waals surface area contributed by atoms with Gasteiger partial charge >= 0.3 is 0 Å². The highest BCUT2D eigenvalue weighted by molar-refractivity contribution is 5.36. The normalized spacial score (nSPS) is 16.2. The molecule has 108 valence electrons. The molecule has 1 unspecified atom stereocenters. The van der Waals surface area contributed by atoms with E-state index in [2.05, 4.69) is 31.7 Å². The van der Waals surface area contributed by atoms with E-state index in [9.17, 15) is 0 Å². The van der Waals surface area contributed by atoms with Crippen molar-refractivity contribution in [3.63, 3.8) is 0 Å². The van der Waals surface area contributed by atoms with Gasteiger partial charge in [0.15, 0.2) is 0 Å². The van der Waals surface area contributed by atoms with Gasteiger partial charge in [0.1, 0.15) is 12.4 Å². The summed E-state index contributed by atoms with van der Waals surface area (Å²) in [7, 11) is 0. The van der Waals surface area contributed by atoms with Crippen molar-refractivity contribution in [1.29, 1.82) is 5.26 Å². The lowest BCUT2D eigenvalue weighted by Gasteiger charge is -2.31. The summed E-state index contributed by atoms with van der Waals surface area (Å²) in [6.45, 7) is 8.50. The Kier molecular flexibility index (Phi) is 5.03. The second kappa shape index (κ2) is 6.76. The van der Waals surface area contributed by atoms with E-state index in [-0.39, 0.29) is 0 Å². The van der Waals surface area contributed by atoms with Crippen LogP contribution in [0.3, 0.4) is 0 Å². The monoisotopic (exact) mass is 272 g/mol. The van der Waals surface area contributed by atoms with Crippen LogP contribution in [0.2, 0.25) is 0 Å². The Balaban J connectivity index is 1.85. The smallest absolute Gasteiger partial charge is 0.120 e. The maximum Gasteiger partial charge on any atom is 0.120 e. The van der Waals surface area contributed by atoms with Crippen LogP contribution in [0.4, 0.5) is 0 Å². The molecule has 1 atom stereocenters. The van der Waals surface area contributed by atoms with Gasteiger partial charge in [-0.25, -0.2) is 0 Å². The van der Waals surface area contributed by atoms with Crippen molar-refractivity contribution < 1.29 is 4.74 Å². The average molecular weight is 272 g/mol. The zero-order valence-corrected chi connectivity index (χ0v) is 12.7. The van der Waals surface area contributed by atoms with Crippen molar-refractivity contribution in [2.45, 2.75) is 45.7 Å². The SMILES string of the molecule is CC(C)C(C)N(CCOc1cccc(C#N)c1)C1CC1. The van der Waals surface area contributed by atoms with E-state index in [0.717, 1.165) is 18.3 Å². The van der Waals surface area contributed by atoms with Crippen molar-refractivity contribution in [3.05, 3.63) is 29.8 Å². The summed E-state index contributed by atoms with van der Waals surface area (Å²) in [6, 6.07) is 10.9. The Labute approximate surface area is 122 Å². The molecule has 0 aromatic heterocycles. The second-order valence-corrected chi connectivity index (χ2v) is 5.94. The lowest BCUT2D eigenvalue weighted by molar-refractivity contribution is 0.131. The molecule has 0 saturated heterocycles. The molecule has 0 amide bonds. The summed E-state index contributed by atoms with van der Waals surface area (Å²) in [5.41, 5.74) is 0.650. The van der Waals surface area contributed by atoms with Crippen LogP contribution in [0.1, 0.15) is 39.2 Å². The number of nitrogens with zero attached hydrogens (tertiary/aromatic N) is 2. The molecule has 3 nitrogen and oxygen atoms in total. The first kappa shape index (κ1) is 14.9. The lowest BCUT2D eigenvalue weighted by Crippen LogP contribution is -2.41. The van der Waals surface area contributed by atoms with Crippen LogP contribution in [0, 0.1) is 17.2 Å². The average Bonchev–Trinajstić information content (AvgIpc) is 3.27. The highest BCUT2D eigenvalue weighted by Crippen LogP contribution is 2.30. The van der Waals surface area contributed by atoms with Crippen LogP contribution in [0.5, 0.6) is 5.75 Å². The van der Waals surface area contributed by atoms with Gasteiger partial charge in [0.2, 0.25) is 0 Å². The van der Waals surface area contributed by atoms with E-state index in [1.165, 1.54) is 12.8 Å². The van der Waals surface area contributed by atoms with Crippen molar-refractivity contribution in [1.82, 2.24) is 4.90 Å². The van der Waals surface area contributed by atoms with E-state index in [0.29, 0.717) is 24.1 Å². The molecule has 1 aliphatic carbocycles. The zero-order valence-electron chi connectivity index (χ0n) is 12.7. The molecule has 0 radical (unpaired) electrons. The second-order valence-electron chi connectivity index (χ2n) is 5.94. The van der Waals surface area contributed by atoms with Crippen molar-refractivity contribution in [3.8, 4) is 11.8 Å². The Morgan fingerprint density at radius 2 is 2.10 bits per heavy atom. The molecule has 0 aliphatic heterocycles. The summed E-state index contributed by atoms with van der Waals surface area (Å²) in [6.07, 6.45) is 2.64. The third kappa shape index (κ3) is 3.98. The largest absolute Gasteiger partial charge is 0.492 e. The first-order chi connectivity index (χ1) is 9.61. The van der Waals surface area contributed by atoms with E-state index >= 15 is 0 Å². The Bertz CT molecular complexity index is 474. The van der Waals surface area contributed by atoms with Crippen LogP contribution < -0.4 is 4.74 Å². The molecule has 1 aromatic carbocycles. The number of benzene rings is 1. The van der Waals surface area contributed by atoms with Crippen LogP contribution in [-0.4, -0.2) is 30.1 Å². The van der Waals surface area contributed by atoms with Gasteiger partial charge in [-0.2, -0.15) is 5.26 Å². The molecule has 1 aliphatic rings. The van der Waals surface area contributed by atoms with Crippen molar-refractivity contribution >= 4 is 0 Å². The standard InChI is InChI=1S/C17H24N2O/c1-13(2)14(3)19(16-7-8-16)9-10-20-17-6-4-5-15(11-17)12-18/h4-6,11,13-14,16H,7-10H2,1-3H3. The fourth-order valence-corrected chi connectivity index (χ4v) is 2.43. The number of rotatable bonds is 7. The van der Waals surface area contributed by atoms with Gasteiger partial charge < -0.3 is 4.74 Å². The number of ether oxygens (including phenoxy) is 1. The summed E-state index contributed by atoms with van der Waals surface area (Å²) >= 11 is 0. The van der Waals surface area contributed by atoms with Crippen LogP contribution in [-0.2, 0) is 0 Å². The highest BCUT2D eigenvalue weighted by atomic mass is 16.5. The minimum absolute atomic E-state index is 0.594. The van der Waals surface area contributed by atoms with Gasteiger partial charge in [0.25, 0.3) is 0 Å². The predicted molar refractivity (Wildman–Crippen MR) is 80.7 cm³/mol. The summed E-state index contributed by atoms with van der Waals surface area (Å²) < 4.78 is 5.79. The topological polar surface area (TPSA) is 36.3 Å². The Morgan fingerprint density at radius 1 is 1.35 bits per heavy atom. The number of hydrogen-bond acceptors (Lipinski definition) is 3. The third-order valence-corrected chi connectivity index (χ3v) is 4.09. The predicted octanol–water partition coefficient (Wildman–Crippen LogP) is 3.45. The maximum atomic E-state index is 8.88. The Hall–Kier alpha value is -1.53. The number of nitriles is 1. The third-order valence-electron chi connectivity index (χ3n) is 4.09. The summed E-state index contributed by atoms with van der Waals surface area (Å²) in [4.78, 5) is 2.57. The van der Waals surface area contributed by atoms with Crippen LogP contribution in [0.25, 0.3) is 0 Å². The minimum atomic E-state index is 0.594. The molecular formula is C17H24N2O. The van der Waals surface area contributed by atoms with Crippen molar-refractivity contribution in [2.75, 3.05) is 13.2 Å². The molecule has 0 bridgehead atoms. The first-order valence-electron chi connectivity index (χ1n) is 7.50. The molecule has 1 saturated carbocycles. The first-order valence-corrected chi connectivity index (χ1v) is 7.50. The van der Waals surface area contributed by atoms with Crippen molar-refractivity contribution in [2.24, 2.45) is 5.92 Å². The fourth-order valence-electron chi connectivity index (χ4n) is 2.43. The highest BCUT2D eigenvalue weighted by Gasteiger charge is 2.32. The van der Waals surface area contributed by atoms with Gasteiger partial charge in [-0.05, 0) is 43.9 Å². The lowest BCUT2D eigenvalue weighted by atomic mass is 10.0. The van der Waals surface area contributed by atoms with Gasteiger partial charge in [-0.1, -0.05) is 19.9 Å². The molecule has 1 fully saturated rings. The Morgan fingerprint density at radius 3 is 2.70 bits per heavy atom. The quantitative estimate of drug-likeness (QED) is 0.763. The molecule has 1 aromatic rings. The van der Waals surface area contributed by atoms with Gasteiger partial charge in [-0.3, -0.25) is 4.90 Å². The molecule has 0 heterocycles. The molecule has 2 rings (SSSR count).